The number of nitrogens with one attached hydrogen (secondary N) is 1. The molecule has 122 valence electrons. The number of aryl methyl sites for hydroxylation is 1. The maximum absolute atomic E-state index is 5.61. The topological polar surface area (TPSA) is 97.5 Å². The van der Waals surface area contributed by atoms with Gasteiger partial charge in [-0.1, -0.05) is 0 Å². The highest BCUT2D eigenvalue weighted by molar-refractivity contribution is 5.85. The summed E-state index contributed by atoms with van der Waals surface area (Å²) in [6.07, 6.45) is 1.70. The fraction of sp³-hybridized carbons (Fsp3) is 0.357. The van der Waals surface area contributed by atoms with Crippen molar-refractivity contribution in [1.29, 1.82) is 0 Å². The number of piperazine rings is 1. The Labute approximate surface area is 139 Å². The Morgan fingerprint density at radius 2 is 2.04 bits per heavy atom. The molecule has 3 aromatic heterocycles. The van der Waals surface area contributed by atoms with Crippen molar-refractivity contribution < 1.29 is 4.42 Å². The number of rotatable bonds is 2. The summed E-state index contributed by atoms with van der Waals surface area (Å²) < 4.78 is 7.06. The van der Waals surface area contributed by atoms with E-state index in [1.165, 1.54) is 0 Å². The fourth-order valence-electron chi connectivity index (χ4n) is 2.74. The number of nitrogen functional groups attached to an aromatic ring is 1. The lowest BCUT2D eigenvalue weighted by Gasteiger charge is -2.29. The van der Waals surface area contributed by atoms with Crippen molar-refractivity contribution in [1.82, 2.24) is 24.9 Å². The van der Waals surface area contributed by atoms with Crippen LogP contribution in [0.15, 0.2) is 22.9 Å². The molecule has 3 N–H and O–H groups in total. The van der Waals surface area contributed by atoms with E-state index in [0.29, 0.717) is 17.5 Å². The number of furan rings is 1. The first-order chi connectivity index (χ1) is 10.7. The molecule has 1 fully saturated rings. The third kappa shape index (κ3) is 2.71. The van der Waals surface area contributed by atoms with Crippen LogP contribution in [0.2, 0.25) is 0 Å². The Balaban J connectivity index is 0.00000156. The van der Waals surface area contributed by atoms with Gasteiger partial charge in [0.15, 0.2) is 17.3 Å². The van der Waals surface area contributed by atoms with Crippen LogP contribution in [0, 0.1) is 6.92 Å². The van der Waals surface area contributed by atoms with Crippen molar-refractivity contribution in [2.45, 2.75) is 6.92 Å². The lowest BCUT2D eigenvalue weighted by Crippen LogP contribution is -2.44. The molecule has 0 spiro atoms. The zero-order chi connectivity index (χ0) is 15.1. The molecule has 1 aliphatic rings. The summed E-state index contributed by atoms with van der Waals surface area (Å²) in [5, 5.41) is 7.75. The summed E-state index contributed by atoms with van der Waals surface area (Å²) in [6.45, 7) is 5.85. The van der Waals surface area contributed by atoms with Crippen molar-refractivity contribution in [3.05, 3.63) is 24.0 Å². The zero-order valence-electron chi connectivity index (χ0n) is 12.7. The predicted molar refractivity (Wildman–Crippen MR) is 90.0 cm³/mol. The second-order valence-electron chi connectivity index (χ2n) is 5.34. The molecule has 9 heteroatoms. The highest BCUT2D eigenvalue weighted by atomic mass is 35.5. The zero-order valence-corrected chi connectivity index (χ0v) is 13.5. The average Bonchev–Trinajstić information content (AvgIpc) is 3.15. The van der Waals surface area contributed by atoms with Gasteiger partial charge in [0, 0.05) is 37.8 Å². The molecule has 8 nitrogen and oxygen atoms in total. The molecule has 0 amide bonds. The van der Waals surface area contributed by atoms with Gasteiger partial charge in [0.25, 0.3) is 0 Å². The van der Waals surface area contributed by atoms with Crippen LogP contribution in [0.1, 0.15) is 5.56 Å². The van der Waals surface area contributed by atoms with Crippen molar-refractivity contribution in [3.63, 3.8) is 0 Å². The predicted octanol–water partition coefficient (Wildman–Crippen LogP) is 1.11. The average molecular weight is 336 g/mol. The summed E-state index contributed by atoms with van der Waals surface area (Å²) in [7, 11) is 0. The molecule has 0 unspecified atom stereocenters. The van der Waals surface area contributed by atoms with E-state index in [1.54, 1.807) is 23.0 Å². The van der Waals surface area contributed by atoms with Crippen LogP contribution in [0.25, 0.3) is 17.2 Å². The molecule has 4 rings (SSSR count). The lowest BCUT2D eigenvalue weighted by molar-refractivity contribution is 0.583. The molecule has 1 aliphatic heterocycles. The largest absolute Gasteiger partial charge is 0.438 e. The summed E-state index contributed by atoms with van der Waals surface area (Å²) >= 11 is 0. The number of halogens is 1. The van der Waals surface area contributed by atoms with E-state index in [-0.39, 0.29) is 12.4 Å². The smallest absolute Gasteiger partial charge is 0.218 e. The van der Waals surface area contributed by atoms with Crippen LogP contribution in [-0.4, -0.2) is 45.8 Å². The van der Waals surface area contributed by atoms with E-state index in [4.69, 9.17) is 10.2 Å². The van der Waals surface area contributed by atoms with Gasteiger partial charge in [0.2, 0.25) is 5.82 Å². The van der Waals surface area contributed by atoms with Crippen molar-refractivity contribution in [2.75, 3.05) is 36.8 Å². The van der Waals surface area contributed by atoms with E-state index in [9.17, 15) is 0 Å². The Morgan fingerprint density at radius 1 is 1.26 bits per heavy atom. The monoisotopic (exact) mass is 335 g/mol. The number of hydrogen-bond acceptors (Lipinski definition) is 7. The van der Waals surface area contributed by atoms with Gasteiger partial charge >= 0.3 is 0 Å². The number of nitrogens with two attached hydrogens (primary N) is 1. The van der Waals surface area contributed by atoms with Crippen LogP contribution in [0.5, 0.6) is 0 Å². The van der Waals surface area contributed by atoms with Crippen LogP contribution in [0.4, 0.5) is 11.7 Å². The molecule has 23 heavy (non-hydrogen) atoms. The van der Waals surface area contributed by atoms with Gasteiger partial charge in [-0.05, 0) is 13.0 Å². The summed E-state index contributed by atoms with van der Waals surface area (Å²) in [5.74, 6) is 2.39. The molecule has 0 radical (unpaired) electrons. The van der Waals surface area contributed by atoms with Gasteiger partial charge in [-0.15, -0.1) is 17.5 Å². The molecule has 0 saturated carbocycles. The standard InChI is InChI=1S/C14H17N7O.ClH/c1-9-13(20-6-4-16-5-7-20)17-8-21-14(9)18-12(19-21)10-2-3-11(15)22-10;/h2-3,8,16H,4-7,15H2,1H3;1H. The molecular weight excluding hydrogens is 318 g/mol. The van der Waals surface area contributed by atoms with Gasteiger partial charge in [0.1, 0.15) is 12.1 Å². The Bertz CT molecular complexity index is 822. The summed E-state index contributed by atoms with van der Waals surface area (Å²) in [6, 6.07) is 3.46. The maximum Gasteiger partial charge on any atom is 0.218 e. The van der Waals surface area contributed by atoms with Gasteiger partial charge in [-0.2, -0.15) is 0 Å². The first-order valence-corrected chi connectivity index (χ1v) is 7.26. The third-order valence-corrected chi connectivity index (χ3v) is 3.86. The van der Waals surface area contributed by atoms with Gasteiger partial charge in [-0.25, -0.2) is 14.5 Å². The molecular formula is C14H18ClN7O. The van der Waals surface area contributed by atoms with E-state index in [2.05, 4.69) is 25.3 Å². The molecule has 0 bridgehead atoms. The van der Waals surface area contributed by atoms with Crippen LogP contribution < -0.4 is 16.0 Å². The minimum Gasteiger partial charge on any atom is -0.438 e. The van der Waals surface area contributed by atoms with E-state index >= 15 is 0 Å². The van der Waals surface area contributed by atoms with Crippen LogP contribution >= 0.6 is 12.4 Å². The van der Waals surface area contributed by atoms with Crippen LogP contribution in [-0.2, 0) is 0 Å². The van der Waals surface area contributed by atoms with Gasteiger partial charge < -0.3 is 20.4 Å². The van der Waals surface area contributed by atoms with Crippen molar-refractivity contribution in [2.24, 2.45) is 0 Å². The maximum atomic E-state index is 5.61. The van der Waals surface area contributed by atoms with Crippen LogP contribution in [0.3, 0.4) is 0 Å². The quantitative estimate of drug-likeness (QED) is 0.723. The molecule has 3 aromatic rings. The minimum atomic E-state index is 0. The molecule has 4 heterocycles. The molecule has 1 saturated heterocycles. The lowest BCUT2D eigenvalue weighted by atomic mass is 10.2. The number of fused-ring (bicyclic) bond motifs is 1. The SMILES string of the molecule is Cc1c(N2CCNCC2)ncn2nc(-c3ccc(N)o3)nc12.Cl. The number of aromatic nitrogens is 4. The van der Waals surface area contributed by atoms with Gasteiger partial charge in [-0.3, -0.25) is 0 Å². The Kier molecular flexibility index (Phi) is 4.10. The normalized spacial score (nSPS) is 14.9. The third-order valence-electron chi connectivity index (χ3n) is 3.86. The second-order valence-corrected chi connectivity index (χ2v) is 5.34. The second kappa shape index (κ2) is 6.05. The van der Waals surface area contributed by atoms with E-state index < -0.39 is 0 Å². The first kappa shape index (κ1) is 15.6. The number of anilines is 2. The minimum absolute atomic E-state index is 0. The Hall–Kier alpha value is -2.32. The van der Waals surface area contributed by atoms with E-state index in [0.717, 1.165) is 43.2 Å². The van der Waals surface area contributed by atoms with Gasteiger partial charge in [0.05, 0.1) is 0 Å². The van der Waals surface area contributed by atoms with Crippen molar-refractivity contribution >= 4 is 29.8 Å². The highest BCUT2D eigenvalue weighted by Gasteiger charge is 2.18. The highest BCUT2D eigenvalue weighted by Crippen LogP contribution is 2.24. The number of hydrogen-bond donors (Lipinski definition) is 2. The fourth-order valence-corrected chi connectivity index (χ4v) is 2.74. The summed E-state index contributed by atoms with van der Waals surface area (Å²) in [4.78, 5) is 11.4. The van der Waals surface area contributed by atoms with Crippen molar-refractivity contribution in [3.8, 4) is 11.6 Å². The molecule has 0 atom stereocenters. The van der Waals surface area contributed by atoms with E-state index in [1.807, 2.05) is 6.92 Å². The molecule has 0 aromatic carbocycles. The first-order valence-electron chi connectivity index (χ1n) is 7.26. The number of nitrogens with zero attached hydrogens (tertiary/aromatic N) is 5. The Morgan fingerprint density at radius 3 is 2.74 bits per heavy atom. The summed E-state index contributed by atoms with van der Waals surface area (Å²) in [5.41, 5.74) is 7.41. The molecule has 0 aliphatic carbocycles.